The second-order valence-corrected chi connectivity index (χ2v) is 5.82. The Balaban J connectivity index is 1.68. The van der Waals surface area contributed by atoms with Crippen LogP contribution in [-0.2, 0) is 0 Å². The van der Waals surface area contributed by atoms with Crippen LogP contribution in [0, 0.1) is 0 Å². The summed E-state index contributed by atoms with van der Waals surface area (Å²) in [5.74, 6) is 2.47. The van der Waals surface area contributed by atoms with Crippen LogP contribution in [0.1, 0.15) is 13.3 Å². The lowest BCUT2D eigenvalue weighted by Gasteiger charge is -2.10. The van der Waals surface area contributed by atoms with Gasteiger partial charge in [0.05, 0.1) is 24.3 Å². The molecule has 2 rings (SSSR count). The third-order valence-corrected chi connectivity index (χ3v) is 3.70. The lowest BCUT2D eigenvalue weighted by Crippen LogP contribution is -2.05. The third kappa shape index (κ3) is 5.43. The first-order valence-corrected chi connectivity index (χ1v) is 8.29. The molecule has 5 heteroatoms. The van der Waals surface area contributed by atoms with Gasteiger partial charge in [0.1, 0.15) is 17.2 Å². The molecule has 118 valence electrons. The molecule has 3 nitrogen and oxygen atoms in total. The number of halogens is 2. The first-order chi connectivity index (χ1) is 10.7. The Hall–Kier alpha value is -1.39. The summed E-state index contributed by atoms with van der Waals surface area (Å²) < 4.78 is 17.6. The molecular weight excluding hydrogens is 368 g/mol. The molecular formula is C17H18BrClO3. The lowest BCUT2D eigenvalue weighted by molar-refractivity contribution is 0.246. The fourth-order valence-corrected chi connectivity index (χ4v) is 2.62. The molecule has 2 aromatic rings. The summed E-state index contributed by atoms with van der Waals surface area (Å²) in [5, 5.41) is 0.679. The van der Waals surface area contributed by atoms with E-state index in [2.05, 4.69) is 15.9 Å². The van der Waals surface area contributed by atoms with Crippen LogP contribution < -0.4 is 14.2 Å². The third-order valence-electron chi connectivity index (χ3n) is 2.84. The van der Waals surface area contributed by atoms with Gasteiger partial charge in [0.15, 0.2) is 0 Å². The molecule has 0 heterocycles. The Labute approximate surface area is 144 Å². The Morgan fingerprint density at radius 1 is 0.909 bits per heavy atom. The van der Waals surface area contributed by atoms with E-state index in [1.165, 1.54) is 0 Å². The van der Waals surface area contributed by atoms with Crippen molar-refractivity contribution in [3.63, 3.8) is 0 Å². The van der Waals surface area contributed by atoms with Crippen molar-refractivity contribution in [3.8, 4) is 17.2 Å². The van der Waals surface area contributed by atoms with Gasteiger partial charge in [0.2, 0.25) is 0 Å². The predicted molar refractivity (Wildman–Crippen MR) is 92.4 cm³/mol. The molecule has 0 aliphatic rings. The van der Waals surface area contributed by atoms with Gasteiger partial charge in [-0.1, -0.05) is 11.6 Å². The van der Waals surface area contributed by atoms with Gasteiger partial charge in [-0.05, 0) is 65.3 Å². The van der Waals surface area contributed by atoms with Gasteiger partial charge in [-0.3, -0.25) is 0 Å². The molecule has 0 N–H and O–H groups in total. The molecule has 2 aromatic carbocycles. The van der Waals surface area contributed by atoms with Crippen molar-refractivity contribution < 1.29 is 14.2 Å². The van der Waals surface area contributed by atoms with Crippen LogP contribution in [0.5, 0.6) is 17.2 Å². The highest BCUT2D eigenvalue weighted by Gasteiger charge is 2.02. The smallest absolute Gasteiger partial charge is 0.133 e. The van der Waals surface area contributed by atoms with Crippen LogP contribution in [0.4, 0.5) is 0 Å². The van der Waals surface area contributed by atoms with E-state index in [4.69, 9.17) is 25.8 Å². The summed E-state index contributed by atoms with van der Waals surface area (Å²) in [6, 6.07) is 13.1. The fourth-order valence-electron chi connectivity index (χ4n) is 1.82. The summed E-state index contributed by atoms with van der Waals surface area (Å²) in [7, 11) is 0. The first kappa shape index (κ1) is 17.0. The van der Waals surface area contributed by atoms with Gasteiger partial charge in [-0.25, -0.2) is 0 Å². The molecule has 0 bridgehead atoms. The van der Waals surface area contributed by atoms with Gasteiger partial charge >= 0.3 is 0 Å². The molecule has 0 saturated carbocycles. The largest absolute Gasteiger partial charge is 0.494 e. The minimum Gasteiger partial charge on any atom is -0.494 e. The van der Waals surface area contributed by atoms with Crippen LogP contribution in [0.15, 0.2) is 46.9 Å². The highest BCUT2D eigenvalue weighted by atomic mass is 79.9. The predicted octanol–water partition coefficient (Wildman–Crippen LogP) is 5.35. The van der Waals surface area contributed by atoms with Gasteiger partial charge in [0, 0.05) is 11.4 Å². The van der Waals surface area contributed by atoms with Crippen molar-refractivity contribution in [2.75, 3.05) is 19.8 Å². The molecule has 0 aliphatic heterocycles. The number of ether oxygens (including phenoxy) is 3. The summed E-state index contributed by atoms with van der Waals surface area (Å²) in [5.41, 5.74) is 0. The standard InChI is InChI=1S/C17H18BrClO3/c1-2-20-14-5-7-15(8-6-14)21-10-3-11-22-17-9-4-13(19)12-16(17)18/h4-9,12H,2-3,10-11H2,1H3. The quantitative estimate of drug-likeness (QED) is 0.573. The Bertz CT molecular complexity index is 587. The van der Waals surface area contributed by atoms with E-state index in [9.17, 15) is 0 Å². The van der Waals surface area contributed by atoms with Crippen LogP contribution in [0.2, 0.25) is 5.02 Å². The van der Waals surface area contributed by atoms with E-state index in [0.29, 0.717) is 24.8 Å². The number of hydrogen-bond acceptors (Lipinski definition) is 3. The van der Waals surface area contributed by atoms with Crippen molar-refractivity contribution in [2.24, 2.45) is 0 Å². The van der Waals surface area contributed by atoms with Crippen molar-refractivity contribution in [2.45, 2.75) is 13.3 Å². The molecule has 22 heavy (non-hydrogen) atoms. The lowest BCUT2D eigenvalue weighted by atomic mass is 10.3. The Kier molecular flexibility index (Phi) is 6.87. The van der Waals surface area contributed by atoms with E-state index in [-0.39, 0.29) is 0 Å². The molecule has 0 amide bonds. The molecule has 0 atom stereocenters. The van der Waals surface area contributed by atoms with Gasteiger partial charge in [0.25, 0.3) is 0 Å². The SMILES string of the molecule is CCOc1ccc(OCCCOc2ccc(Cl)cc2Br)cc1. The minimum absolute atomic E-state index is 0.581. The summed E-state index contributed by atoms with van der Waals surface area (Å²) >= 11 is 9.30. The van der Waals surface area contributed by atoms with Crippen molar-refractivity contribution in [1.29, 1.82) is 0 Å². The maximum Gasteiger partial charge on any atom is 0.133 e. The van der Waals surface area contributed by atoms with E-state index < -0.39 is 0 Å². The van der Waals surface area contributed by atoms with E-state index in [1.54, 1.807) is 6.07 Å². The Morgan fingerprint density at radius 3 is 2.18 bits per heavy atom. The second-order valence-electron chi connectivity index (χ2n) is 4.53. The monoisotopic (exact) mass is 384 g/mol. The second kappa shape index (κ2) is 8.91. The zero-order chi connectivity index (χ0) is 15.8. The Morgan fingerprint density at radius 2 is 1.55 bits per heavy atom. The van der Waals surface area contributed by atoms with Crippen LogP contribution in [0.25, 0.3) is 0 Å². The van der Waals surface area contributed by atoms with Crippen LogP contribution in [-0.4, -0.2) is 19.8 Å². The molecule has 0 unspecified atom stereocenters. The zero-order valence-electron chi connectivity index (χ0n) is 12.4. The van der Waals surface area contributed by atoms with Crippen LogP contribution in [0.3, 0.4) is 0 Å². The number of benzene rings is 2. The van der Waals surface area contributed by atoms with Crippen LogP contribution >= 0.6 is 27.5 Å². The maximum absolute atomic E-state index is 5.88. The van der Waals surface area contributed by atoms with Gasteiger partial charge < -0.3 is 14.2 Å². The van der Waals surface area contributed by atoms with E-state index in [0.717, 1.165) is 28.1 Å². The van der Waals surface area contributed by atoms with Crippen molar-refractivity contribution >= 4 is 27.5 Å². The topological polar surface area (TPSA) is 27.7 Å². The molecule has 0 radical (unpaired) electrons. The average Bonchev–Trinajstić information content (AvgIpc) is 2.51. The first-order valence-electron chi connectivity index (χ1n) is 7.12. The molecule has 0 aromatic heterocycles. The van der Waals surface area contributed by atoms with Crippen molar-refractivity contribution in [3.05, 3.63) is 52.0 Å². The van der Waals surface area contributed by atoms with E-state index >= 15 is 0 Å². The normalized spacial score (nSPS) is 10.3. The average molecular weight is 386 g/mol. The minimum atomic E-state index is 0.581. The van der Waals surface area contributed by atoms with E-state index in [1.807, 2.05) is 43.3 Å². The summed E-state index contributed by atoms with van der Waals surface area (Å²) in [6.45, 7) is 3.80. The molecule has 0 aliphatic carbocycles. The fraction of sp³-hybridized carbons (Fsp3) is 0.294. The molecule has 0 saturated heterocycles. The summed E-state index contributed by atoms with van der Waals surface area (Å²) in [6.07, 6.45) is 0.794. The molecule has 0 fully saturated rings. The summed E-state index contributed by atoms with van der Waals surface area (Å²) in [4.78, 5) is 0. The highest BCUT2D eigenvalue weighted by Crippen LogP contribution is 2.28. The number of rotatable bonds is 8. The zero-order valence-corrected chi connectivity index (χ0v) is 14.7. The van der Waals surface area contributed by atoms with Gasteiger partial charge in [-0.2, -0.15) is 0 Å². The number of hydrogen-bond donors (Lipinski definition) is 0. The van der Waals surface area contributed by atoms with Gasteiger partial charge in [-0.15, -0.1) is 0 Å². The molecule has 0 spiro atoms. The highest BCUT2D eigenvalue weighted by molar-refractivity contribution is 9.10. The van der Waals surface area contributed by atoms with Crippen molar-refractivity contribution in [1.82, 2.24) is 0 Å². The maximum atomic E-state index is 5.88.